The molecule has 0 bridgehead atoms. The van der Waals surface area contributed by atoms with E-state index in [1.165, 1.54) is 0 Å². The highest BCUT2D eigenvalue weighted by molar-refractivity contribution is 5.77. The predicted octanol–water partition coefficient (Wildman–Crippen LogP) is 1.85. The number of rotatable bonds is 7. The Morgan fingerprint density at radius 2 is 2.05 bits per heavy atom. The summed E-state index contributed by atoms with van der Waals surface area (Å²) in [5.41, 5.74) is 7.84. The van der Waals surface area contributed by atoms with E-state index in [-0.39, 0.29) is 0 Å². The number of fused-ring (bicyclic) bond motifs is 1. The van der Waals surface area contributed by atoms with Crippen LogP contribution in [0.15, 0.2) is 18.2 Å². The van der Waals surface area contributed by atoms with Crippen LogP contribution in [-0.4, -0.2) is 41.2 Å². The molecule has 2 N–H and O–H groups in total. The molecule has 110 valence electrons. The van der Waals surface area contributed by atoms with E-state index < -0.39 is 0 Å². The summed E-state index contributed by atoms with van der Waals surface area (Å²) in [5.74, 6) is 1.91. The van der Waals surface area contributed by atoms with Crippen molar-refractivity contribution in [2.45, 2.75) is 26.9 Å². The second kappa shape index (κ2) is 6.72. The highest BCUT2D eigenvalue weighted by Gasteiger charge is 2.13. The van der Waals surface area contributed by atoms with Crippen LogP contribution in [0.3, 0.4) is 0 Å². The fourth-order valence-electron chi connectivity index (χ4n) is 2.43. The van der Waals surface area contributed by atoms with Gasteiger partial charge in [-0.1, -0.05) is 13.8 Å². The highest BCUT2D eigenvalue weighted by atomic mass is 16.5. The minimum Gasteiger partial charge on any atom is -0.497 e. The third-order valence-corrected chi connectivity index (χ3v) is 3.65. The lowest BCUT2D eigenvalue weighted by molar-refractivity contribution is 0.284. The van der Waals surface area contributed by atoms with Gasteiger partial charge in [-0.15, -0.1) is 0 Å². The van der Waals surface area contributed by atoms with Crippen molar-refractivity contribution in [2.24, 2.45) is 5.73 Å². The highest BCUT2D eigenvalue weighted by Crippen LogP contribution is 2.22. The molecular formula is C15H24N4O. The number of methoxy groups -OCH3 is 1. The van der Waals surface area contributed by atoms with Crippen molar-refractivity contribution < 1.29 is 4.74 Å². The lowest BCUT2D eigenvalue weighted by Gasteiger charge is -2.18. The Morgan fingerprint density at radius 3 is 2.65 bits per heavy atom. The minimum atomic E-state index is 0.614. The summed E-state index contributed by atoms with van der Waals surface area (Å²) in [6.07, 6.45) is 0. The van der Waals surface area contributed by atoms with Crippen LogP contribution in [-0.2, 0) is 13.1 Å². The lowest BCUT2D eigenvalue weighted by atomic mass is 10.3. The Kier molecular flexibility index (Phi) is 4.98. The van der Waals surface area contributed by atoms with Crippen LogP contribution < -0.4 is 10.5 Å². The fourth-order valence-corrected chi connectivity index (χ4v) is 2.43. The van der Waals surface area contributed by atoms with E-state index in [1.54, 1.807) is 7.11 Å². The molecular weight excluding hydrogens is 252 g/mol. The van der Waals surface area contributed by atoms with Crippen LogP contribution in [0.1, 0.15) is 19.7 Å². The van der Waals surface area contributed by atoms with Crippen molar-refractivity contribution in [2.75, 3.05) is 26.7 Å². The SMILES string of the molecule is CCN(CC)Cc1nc2cc(OC)ccc2n1CCN. The van der Waals surface area contributed by atoms with E-state index in [1.807, 2.05) is 12.1 Å². The molecule has 0 spiro atoms. The number of imidazole rings is 1. The van der Waals surface area contributed by atoms with Crippen molar-refractivity contribution in [3.63, 3.8) is 0 Å². The number of aromatic nitrogens is 2. The van der Waals surface area contributed by atoms with Gasteiger partial charge < -0.3 is 15.0 Å². The van der Waals surface area contributed by atoms with Gasteiger partial charge in [0.2, 0.25) is 0 Å². The maximum atomic E-state index is 5.74. The van der Waals surface area contributed by atoms with Gasteiger partial charge in [-0.05, 0) is 25.2 Å². The van der Waals surface area contributed by atoms with Gasteiger partial charge in [0.05, 0.1) is 24.7 Å². The van der Waals surface area contributed by atoms with E-state index in [0.717, 1.165) is 48.8 Å². The zero-order valence-electron chi connectivity index (χ0n) is 12.6. The van der Waals surface area contributed by atoms with Crippen molar-refractivity contribution in [3.05, 3.63) is 24.0 Å². The molecule has 20 heavy (non-hydrogen) atoms. The van der Waals surface area contributed by atoms with E-state index in [9.17, 15) is 0 Å². The summed E-state index contributed by atoms with van der Waals surface area (Å²) in [6.45, 7) is 8.63. The fraction of sp³-hybridized carbons (Fsp3) is 0.533. The molecule has 1 heterocycles. The van der Waals surface area contributed by atoms with Crippen LogP contribution in [0.2, 0.25) is 0 Å². The third kappa shape index (κ3) is 2.94. The summed E-state index contributed by atoms with van der Waals surface area (Å²) in [5, 5.41) is 0. The Balaban J connectivity index is 2.43. The first-order valence-corrected chi connectivity index (χ1v) is 7.19. The Hall–Kier alpha value is -1.59. The molecule has 5 heteroatoms. The van der Waals surface area contributed by atoms with E-state index >= 15 is 0 Å². The summed E-state index contributed by atoms with van der Waals surface area (Å²) in [4.78, 5) is 7.11. The van der Waals surface area contributed by atoms with Gasteiger partial charge in [-0.25, -0.2) is 4.98 Å². The molecule has 0 aliphatic rings. The standard InChI is InChI=1S/C15H24N4O/c1-4-18(5-2)11-15-17-13-10-12(20-3)6-7-14(13)19(15)9-8-16/h6-7,10H,4-5,8-9,11,16H2,1-3H3. The normalized spacial score (nSPS) is 11.4. The molecule has 5 nitrogen and oxygen atoms in total. The summed E-state index contributed by atoms with van der Waals surface area (Å²) >= 11 is 0. The van der Waals surface area contributed by atoms with E-state index in [4.69, 9.17) is 15.5 Å². The average Bonchev–Trinajstić information content (AvgIpc) is 2.82. The van der Waals surface area contributed by atoms with Crippen LogP contribution in [0, 0.1) is 0 Å². The summed E-state index contributed by atoms with van der Waals surface area (Å²) < 4.78 is 7.49. The number of ether oxygens (including phenoxy) is 1. The van der Waals surface area contributed by atoms with Gasteiger partial charge in [0.1, 0.15) is 11.6 Å². The summed E-state index contributed by atoms with van der Waals surface area (Å²) in [6, 6.07) is 6.01. The van der Waals surface area contributed by atoms with Crippen LogP contribution in [0.4, 0.5) is 0 Å². The third-order valence-electron chi connectivity index (χ3n) is 3.65. The average molecular weight is 276 g/mol. The maximum absolute atomic E-state index is 5.74. The molecule has 1 aromatic carbocycles. The molecule has 0 aliphatic carbocycles. The first kappa shape index (κ1) is 14.8. The van der Waals surface area contributed by atoms with Gasteiger partial charge in [0, 0.05) is 19.2 Å². The topological polar surface area (TPSA) is 56.3 Å². The van der Waals surface area contributed by atoms with Gasteiger partial charge >= 0.3 is 0 Å². The quantitative estimate of drug-likeness (QED) is 0.838. The molecule has 0 radical (unpaired) electrons. The Morgan fingerprint density at radius 1 is 1.30 bits per heavy atom. The molecule has 0 saturated heterocycles. The molecule has 0 aliphatic heterocycles. The molecule has 0 unspecified atom stereocenters. The van der Waals surface area contributed by atoms with Gasteiger partial charge in [-0.3, -0.25) is 4.90 Å². The zero-order valence-corrected chi connectivity index (χ0v) is 12.6. The maximum Gasteiger partial charge on any atom is 0.124 e. The number of hydrogen-bond acceptors (Lipinski definition) is 4. The molecule has 0 atom stereocenters. The van der Waals surface area contributed by atoms with Crippen molar-refractivity contribution in [1.29, 1.82) is 0 Å². The van der Waals surface area contributed by atoms with Gasteiger partial charge in [-0.2, -0.15) is 0 Å². The first-order valence-electron chi connectivity index (χ1n) is 7.19. The molecule has 0 fully saturated rings. The van der Waals surface area contributed by atoms with Gasteiger partial charge in [0.15, 0.2) is 0 Å². The zero-order chi connectivity index (χ0) is 14.5. The number of nitrogens with two attached hydrogens (primary N) is 1. The Labute approximate surface area is 120 Å². The van der Waals surface area contributed by atoms with Crippen LogP contribution >= 0.6 is 0 Å². The minimum absolute atomic E-state index is 0.614. The first-order chi connectivity index (χ1) is 9.73. The largest absolute Gasteiger partial charge is 0.497 e. The molecule has 2 aromatic rings. The van der Waals surface area contributed by atoms with Crippen molar-refractivity contribution >= 4 is 11.0 Å². The lowest BCUT2D eigenvalue weighted by Crippen LogP contribution is -2.25. The van der Waals surface area contributed by atoms with Crippen molar-refractivity contribution in [1.82, 2.24) is 14.5 Å². The van der Waals surface area contributed by atoms with Crippen LogP contribution in [0.5, 0.6) is 5.75 Å². The van der Waals surface area contributed by atoms with E-state index in [0.29, 0.717) is 6.54 Å². The van der Waals surface area contributed by atoms with Crippen molar-refractivity contribution in [3.8, 4) is 5.75 Å². The predicted molar refractivity (Wildman–Crippen MR) is 82.0 cm³/mol. The monoisotopic (exact) mass is 276 g/mol. The number of nitrogens with zero attached hydrogens (tertiary/aromatic N) is 3. The van der Waals surface area contributed by atoms with E-state index in [2.05, 4.69) is 29.4 Å². The molecule has 0 amide bonds. The second-order valence-corrected chi connectivity index (χ2v) is 4.78. The Bertz CT molecular complexity index is 560. The number of benzene rings is 1. The van der Waals surface area contributed by atoms with Crippen LogP contribution in [0.25, 0.3) is 11.0 Å². The molecule has 2 rings (SSSR count). The van der Waals surface area contributed by atoms with Gasteiger partial charge in [0.25, 0.3) is 0 Å². The molecule has 0 saturated carbocycles. The second-order valence-electron chi connectivity index (χ2n) is 4.78. The molecule has 1 aromatic heterocycles. The number of hydrogen-bond donors (Lipinski definition) is 1. The summed E-state index contributed by atoms with van der Waals surface area (Å²) in [7, 11) is 1.68. The smallest absolute Gasteiger partial charge is 0.124 e.